The SMILES string of the molecule is CC(C)(C)N1c2ccccc2C(=O)SC2CCCCC21. The maximum absolute atomic E-state index is 12.6. The van der Waals surface area contributed by atoms with Gasteiger partial charge in [0.05, 0.1) is 5.56 Å². The molecule has 0 spiro atoms. The Balaban J connectivity index is 2.14. The number of carbonyl (C=O) groups excluding carboxylic acids is 1. The fraction of sp³-hybridized carbons (Fsp3) is 0.588. The van der Waals surface area contributed by atoms with Crippen molar-refractivity contribution in [1.29, 1.82) is 0 Å². The molecule has 1 aliphatic heterocycles. The van der Waals surface area contributed by atoms with E-state index in [1.165, 1.54) is 25.7 Å². The zero-order valence-electron chi connectivity index (χ0n) is 12.6. The van der Waals surface area contributed by atoms with E-state index in [0.717, 1.165) is 11.3 Å². The van der Waals surface area contributed by atoms with Crippen molar-refractivity contribution in [2.24, 2.45) is 0 Å². The van der Waals surface area contributed by atoms with Crippen molar-refractivity contribution < 1.29 is 4.79 Å². The molecule has 1 fully saturated rings. The minimum Gasteiger partial charge on any atom is -0.362 e. The summed E-state index contributed by atoms with van der Waals surface area (Å²) in [7, 11) is 0. The van der Waals surface area contributed by atoms with Crippen LogP contribution < -0.4 is 4.90 Å². The molecule has 2 atom stereocenters. The van der Waals surface area contributed by atoms with E-state index >= 15 is 0 Å². The fourth-order valence-electron chi connectivity index (χ4n) is 3.60. The van der Waals surface area contributed by atoms with Crippen LogP contribution in [0, 0.1) is 0 Å². The first-order valence-corrected chi connectivity index (χ1v) is 8.46. The van der Waals surface area contributed by atoms with Gasteiger partial charge in [0, 0.05) is 22.5 Å². The summed E-state index contributed by atoms with van der Waals surface area (Å²) in [4.78, 5) is 15.1. The zero-order chi connectivity index (χ0) is 14.3. The topological polar surface area (TPSA) is 20.3 Å². The van der Waals surface area contributed by atoms with Crippen LogP contribution in [0.4, 0.5) is 5.69 Å². The summed E-state index contributed by atoms with van der Waals surface area (Å²) in [6.07, 6.45) is 4.92. The third-order valence-corrected chi connectivity index (χ3v) is 5.65. The Labute approximate surface area is 125 Å². The second kappa shape index (κ2) is 5.10. The lowest BCUT2D eigenvalue weighted by Crippen LogP contribution is -2.53. The van der Waals surface area contributed by atoms with Gasteiger partial charge in [0.15, 0.2) is 0 Å². The highest BCUT2D eigenvalue weighted by Gasteiger charge is 2.41. The average molecular weight is 289 g/mol. The number of rotatable bonds is 0. The number of hydrogen-bond acceptors (Lipinski definition) is 3. The second-order valence-corrected chi connectivity index (χ2v) is 8.07. The van der Waals surface area contributed by atoms with Crippen LogP contribution in [0.25, 0.3) is 0 Å². The number of fused-ring (bicyclic) bond motifs is 2. The number of thioether (sulfide) groups is 1. The molecule has 0 N–H and O–H groups in total. The normalized spacial score (nSPS) is 26.8. The molecule has 1 aliphatic carbocycles. The zero-order valence-corrected chi connectivity index (χ0v) is 13.4. The first kappa shape index (κ1) is 14.0. The Morgan fingerprint density at radius 3 is 2.60 bits per heavy atom. The Morgan fingerprint density at radius 1 is 1.15 bits per heavy atom. The molecule has 0 amide bonds. The Morgan fingerprint density at radius 2 is 1.85 bits per heavy atom. The highest BCUT2D eigenvalue weighted by molar-refractivity contribution is 8.14. The van der Waals surface area contributed by atoms with Crippen LogP contribution in [-0.4, -0.2) is 21.9 Å². The number of carbonyl (C=O) groups is 1. The Bertz CT molecular complexity index is 520. The van der Waals surface area contributed by atoms with Crippen LogP contribution >= 0.6 is 11.8 Å². The van der Waals surface area contributed by atoms with Crippen molar-refractivity contribution in [3.8, 4) is 0 Å². The van der Waals surface area contributed by atoms with E-state index in [2.05, 4.69) is 37.8 Å². The van der Waals surface area contributed by atoms with Crippen molar-refractivity contribution >= 4 is 22.6 Å². The highest BCUT2D eigenvalue weighted by atomic mass is 32.2. The van der Waals surface area contributed by atoms with Gasteiger partial charge in [0.2, 0.25) is 5.12 Å². The summed E-state index contributed by atoms with van der Waals surface area (Å²) in [5.74, 6) is 0. The molecule has 1 aromatic carbocycles. The lowest BCUT2D eigenvalue weighted by Gasteiger charge is -2.47. The number of benzene rings is 1. The molecule has 0 bridgehead atoms. The summed E-state index contributed by atoms with van der Waals surface area (Å²) < 4.78 is 0. The van der Waals surface area contributed by atoms with Crippen LogP contribution in [0.1, 0.15) is 56.8 Å². The van der Waals surface area contributed by atoms with Crippen molar-refractivity contribution in [3.63, 3.8) is 0 Å². The minimum absolute atomic E-state index is 0.0432. The molecule has 20 heavy (non-hydrogen) atoms. The Kier molecular flexibility index (Phi) is 3.57. The van der Waals surface area contributed by atoms with Crippen LogP contribution in [-0.2, 0) is 0 Å². The van der Waals surface area contributed by atoms with Crippen molar-refractivity contribution in [2.75, 3.05) is 4.90 Å². The van der Waals surface area contributed by atoms with Crippen LogP contribution in [0.5, 0.6) is 0 Å². The molecule has 3 rings (SSSR count). The molecular formula is C17H23NOS. The van der Waals surface area contributed by atoms with Crippen LogP contribution in [0.15, 0.2) is 24.3 Å². The van der Waals surface area contributed by atoms with Crippen molar-refractivity contribution in [2.45, 2.75) is 63.3 Å². The summed E-state index contributed by atoms with van der Waals surface area (Å²) in [5, 5.41) is 0.701. The Hall–Kier alpha value is -0.960. The molecule has 2 aliphatic rings. The molecule has 1 saturated carbocycles. The molecule has 1 heterocycles. The van der Waals surface area contributed by atoms with E-state index in [4.69, 9.17) is 0 Å². The number of para-hydroxylation sites is 1. The number of hydrogen-bond donors (Lipinski definition) is 0. The van der Waals surface area contributed by atoms with Crippen molar-refractivity contribution in [1.82, 2.24) is 0 Å². The number of anilines is 1. The van der Waals surface area contributed by atoms with Crippen molar-refractivity contribution in [3.05, 3.63) is 29.8 Å². The van der Waals surface area contributed by atoms with E-state index in [9.17, 15) is 4.79 Å². The predicted octanol–water partition coefficient (Wildman–Crippen LogP) is 4.49. The van der Waals surface area contributed by atoms with Gasteiger partial charge in [0.1, 0.15) is 0 Å². The minimum atomic E-state index is 0.0432. The first-order valence-electron chi connectivity index (χ1n) is 7.58. The van der Waals surface area contributed by atoms with E-state index in [-0.39, 0.29) is 10.7 Å². The summed E-state index contributed by atoms with van der Waals surface area (Å²) in [6.45, 7) is 6.78. The lowest BCUT2D eigenvalue weighted by atomic mass is 9.89. The van der Waals surface area contributed by atoms with Gasteiger partial charge in [0.25, 0.3) is 0 Å². The third kappa shape index (κ3) is 2.37. The van der Waals surface area contributed by atoms with Gasteiger partial charge in [-0.25, -0.2) is 0 Å². The van der Waals surface area contributed by atoms with E-state index < -0.39 is 0 Å². The largest absolute Gasteiger partial charge is 0.362 e. The second-order valence-electron chi connectivity index (χ2n) is 6.85. The predicted molar refractivity (Wildman–Crippen MR) is 86.6 cm³/mol. The van der Waals surface area contributed by atoms with Gasteiger partial charge in [-0.05, 0) is 45.7 Å². The van der Waals surface area contributed by atoms with Gasteiger partial charge in [-0.3, -0.25) is 4.79 Å². The summed E-state index contributed by atoms with van der Waals surface area (Å²) >= 11 is 1.57. The molecule has 0 radical (unpaired) electrons. The molecule has 0 aromatic heterocycles. The van der Waals surface area contributed by atoms with E-state index in [1.807, 2.05) is 12.1 Å². The molecule has 2 nitrogen and oxygen atoms in total. The summed E-state index contributed by atoms with van der Waals surface area (Å²) in [6, 6.07) is 8.63. The van der Waals surface area contributed by atoms with E-state index in [1.54, 1.807) is 11.8 Å². The van der Waals surface area contributed by atoms with Crippen LogP contribution in [0.3, 0.4) is 0 Å². The maximum Gasteiger partial charge on any atom is 0.221 e. The van der Waals surface area contributed by atoms with Gasteiger partial charge in [-0.1, -0.05) is 36.7 Å². The highest BCUT2D eigenvalue weighted by Crippen LogP contribution is 2.44. The molecule has 1 aromatic rings. The molecule has 108 valence electrons. The lowest BCUT2D eigenvalue weighted by molar-refractivity contribution is 0.108. The van der Waals surface area contributed by atoms with Gasteiger partial charge < -0.3 is 4.90 Å². The molecule has 0 saturated heterocycles. The van der Waals surface area contributed by atoms with Gasteiger partial charge in [-0.15, -0.1) is 0 Å². The quantitative estimate of drug-likeness (QED) is 0.702. The molecule has 2 unspecified atom stereocenters. The van der Waals surface area contributed by atoms with E-state index in [0.29, 0.717) is 11.3 Å². The molecular weight excluding hydrogens is 266 g/mol. The average Bonchev–Trinajstić information content (AvgIpc) is 2.52. The first-order chi connectivity index (χ1) is 9.48. The number of nitrogens with zero attached hydrogens (tertiary/aromatic N) is 1. The summed E-state index contributed by atoms with van der Waals surface area (Å²) in [5.41, 5.74) is 2.07. The van der Waals surface area contributed by atoms with Gasteiger partial charge in [-0.2, -0.15) is 0 Å². The van der Waals surface area contributed by atoms with Gasteiger partial charge >= 0.3 is 0 Å². The third-order valence-electron chi connectivity index (χ3n) is 4.36. The van der Waals surface area contributed by atoms with Crippen LogP contribution in [0.2, 0.25) is 0 Å². The standard InChI is InChI=1S/C17H23NOS/c1-17(2,3)18-13-9-5-4-8-12(13)16(19)20-15-11-7-6-10-14(15)18/h4-5,8-9,14-15H,6-7,10-11H2,1-3H3. The smallest absolute Gasteiger partial charge is 0.221 e. The maximum atomic E-state index is 12.6. The monoisotopic (exact) mass is 289 g/mol. The fourth-order valence-corrected chi connectivity index (χ4v) is 4.88. The molecule has 3 heteroatoms.